The van der Waals surface area contributed by atoms with Crippen LogP contribution in [0.3, 0.4) is 0 Å². The molecule has 0 saturated carbocycles. The van der Waals surface area contributed by atoms with Crippen molar-refractivity contribution in [2.75, 3.05) is 32.7 Å². The number of benzene rings is 1. The van der Waals surface area contributed by atoms with Gasteiger partial charge in [0, 0.05) is 32.7 Å². The number of sulfonamides is 1. The molecule has 1 unspecified atom stereocenters. The first-order valence-electron chi connectivity index (χ1n) is 10.1. The standard InChI is InChI=1S/C21H28N4O5S/c1-15-3-8-19(30-15)21(27)25-13-11-24(12-14-25)16(2)20(26)23-10-9-17-4-6-18(7-5-17)31(22,28)29/h3-8,16H,9-14H2,1-2H3,(H,23,26)(H2,22,28,29). The molecule has 3 rings (SSSR count). The highest BCUT2D eigenvalue weighted by Crippen LogP contribution is 2.13. The molecule has 3 N–H and O–H groups in total. The number of carbonyl (C=O) groups is 2. The Bertz CT molecular complexity index is 1020. The molecule has 0 bridgehead atoms. The monoisotopic (exact) mass is 448 g/mol. The Morgan fingerprint density at radius 1 is 1.10 bits per heavy atom. The minimum atomic E-state index is -3.71. The molecule has 1 aliphatic heterocycles. The van der Waals surface area contributed by atoms with Gasteiger partial charge in [0.1, 0.15) is 5.76 Å². The Hall–Kier alpha value is -2.69. The van der Waals surface area contributed by atoms with Crippen LogP contribution in [0.2, 0.25) is 0 Å². The maximum atomic E-state index is 12.5. The highest BCUT2D eigenvalue weighted by atomic mass is 32.2. The molecule has 2 heterocycles. The Kier molecular flexibility index (Phi) is 7.14. The van der Waals surface area contributed by atoms with Crippen LogP contribution in [0, 0.1) is 6.92 Å². The summed E-state index contributed by atoms with van der Waals surface area (Å²) in [6, 6.07) is 9.43. The minimum absolute atomic E-state index is 0.0636. The van der Waals surface area contributed by atoms with Gasteiger partial charge in [-0.3, -0.25) is 14.5 Å². The molecule has 9 nitrogen and oxygen atoms in total. The van der Waals surface area contributed by atoms with Gasteiger partial charge >= 0.3 is 0 Å². The quantitative estimate of drug-likeness (QED) is 0.643. The van der Waals surface area contributed by atoms with Crippen LogP contribution in [0.1, 0.15) is 28.8 Å². The van der Waals surface area contributed by atoms with E-state index in [0.717, 1.165) is 5.56 Å². The molecule has 1 aliphatic rings. The lowest BCUT2D eigenvalue weighted by molar-refractivity contribution is -0.126. The lowest BCUT2D eigenvalue weighted by atomic mass is 10.1. The molecule has 168 valence electrons. The van der Waals surface area contributed by atoms with Crippen LogP contribution < -0.4 is 10.5 Å². The Labute approximate surface area is 182 Å². The van der Waals surface area contributed by atoms with Gasteiger partial charge in [-0.25, -0.2) is 13.6 Å². The molecule has 1 atom stereocenters. The average molecular weight is 449 g/mol. The van der Waals surface area contributed by atoms with Gasteiger partial charge in [0.25, 0.3) is 5.91 Å². The summed E-state index contributed by atoms with van der Waals surface area (Å²) in [6.07, 6.45) is 0.578. The molecular weight excluding hydrogens is 420 g/mol. The van der Waals surface area contributed by atoms with E-state index in [-0.39, 0.29) is 22.8 Å². The van der Waals surface area contributed by atoms with Crippen molar-refractivity contribution in [2.24, 2.45) is 5.14 Å². The van der Waals surface area contributed by atoms with Crippen molar-refractivity contribution >= 4 is 21.8 Å². The second kappa shape index (κ2) is 9.63. The van der Waals surface area contributed by atoms with Crippen LogP contribution in [-0.4, -0.2) is 68.8 Å². The molecule has 31 heavy (non-hydrogen) atoms. The van der Waals surface area contributed by atoms with Gasteiger partial charge in [0.2, 0.25) is 15.9 Å². The van der Waals surface area contributed by atoms with E-state index in [1.807, 2.05) is 11.8 Å². The largest absolute Gasteiger partial charge is 0.456 e. The van der Waals surface area contributed by atoms with Crippen molar-refractivity contribution in [1.82, 2.24) is 15.1 Å². The van der Waals surface area contributed by atoms with E-state index in [1.54, 1.807) is 36.1 Å². The van der Waals surface area contributed by atoms with Crippen LogP contribution in [0.4, 0.5) is 0 Å². The lowest BCUT2D eigenvalue weighted by Gasteiger charge is -2.37. The number of amides is 2. The third-order valence-electron chi connectivity index (χ3n) is 5.44. The Morgan fingerprint density at radius 3 is 2.29 bits per heavy atom. The number of nitrogens with one attached hydrogen (secondary N) is 1. The summed E-state index contributed by atoms with van der Waals surface area (Å²) >= 11 is 0. The number of primary sulfonamides is 1. The average Bonchev–Trinajstić information content (AvgIpc) is 3.18. The summed E-state index contributed by atoms with van der Waals surface area (Å²) < 4.78 is 28.0. The Morgan fingerprint density at radius 2 is 1.74 bits per heavy atom. The number of hydrogen-bond donors (Lipinski definition) is 2. The van der Waals surface area contributed by atoms with Crippen molar-refractivity contribution in [3.05, 3.63) is 53.5 Å². The van der Waals surface area contributed by atoms with Gasteiger partial charge in [-0.15, -0.1) is 0 Å². The number of nitrogens with two attached hydrogens (primary N) is 1. The van der Waals surface area contributed by atoms with Gasteiger partial charge in [-0.2, -0.15) is 0 Å². The highest BCUT2D eigenvalue weighted by molar-refractivity contribution is 7.89. The minimum Gasteiger partial charge on any atom is -0.456 e. The maximum absolute atomic E-state index is 12.5. The zero-order valence-corrected chi connectivity index (χ0v) is 18.5. The van der Waals surface area contributed by atoms with E-state index < -0.39 is 10.0 Å². The van der Waals surface area contributed by atoms with Gasteiger partial charge < -0.3 is 14.6 Å². The van der Waals surface area contributed by atoms with E-state index in [2.05, 4.69) is 5.32 Å². The zero-order valence-electron chi connectivity index (χ0n) is 17.7. The molecule has 1 saturated heterocycles. The number of nitrogens with zero attached hydrogens (tertiary/aromatic N) is 2. The van der Waals surface area contributed by atoms with Crippen LogP contribution in [0.15, 0.2) is 45.7 Å². The SMILES string of the molecule is Cc1ccc(C(=O)N2CCN(C(C)C(=O)NCCc3ccc(S(N)(=O)=O)cc3)CC2)o1. The van der Waals surface area contributed by atoms with Crippen LogP contribution in [0.25, 0.3) is 0 Å². The maximum Gasteiger partial charge on any atom is 0.289 e. The van der Waals surface area contributed by atoms with Crippen LogP contribution in [-0.2, 0) is 21.2 Å². The van der Waals surface area contributed by atoms with E-state index in [4.69, 9.17) is 9.56 Å². The number of aryl methyl sites for hydroxylation is 1. The lowest BCUT2D eigenvalue weighted by Crippen LogP contribution is -2.55. The first-order chi connectivity index (χ1) is 14.6. The van der Waals surface area contributed by atoms with Crippen molar-refractivity contribution in [3.8, 4) is 0 Å². The number of rotatable bonds is 7. The van der Waals surface area contributed by atoms with E-state index in [0.29, 0.717) is 50.7 Å². The summed E-state index contributed by atoms with van der Waals surface area (Å²) in [7, 11) is -3.71. The molecule has 0 spiro atoms. The molecule has 2 aromatic rings. The van der Waals surface area contributed by atoms with Crippen LogP contribution >= 0.6 is 0 Å². The first-order valence-corrected chi connectivity index (χ1v) is 11.7. The van der Waals surface area contributed by atoms with Gasteiger partial charge in [0.15, 0.2) is 5.76 Å². The van der Waals surface area contributed by atoms with Gasteiger partial charge in [0.05, 0.1) is 10.9 Å². The third-order valence-corrected chi connectivity index (χ3v) is 6.37. The van der Waals surface area contributed by atoms with Crippen molar-refractivity contribution in [2.45, 2.75) is 31.2 Å². The zero-order chi connectivity index (χ0) is 22.6. The summed E-state index contributed by atoms with van der Waals surface area (Å²) in [5, 5.41) is 8.01. The molecule has 1 fully saturated rings. The van der Waals surface area contributed by atoms with Crippen molar-refractivity contribution in [1.29, 1.82) is 0 Å². The van der Waals surface area contributed by atoms with Gasteiger partial charge in [-0.1, -0.05) is 12.1 Å². The van der Waals surface area contributed by atoms with E-state index >= 15 is 0 Å². The number of furan rings is 1. The molecular formula is C21H28N4O5S. The first kappa shape index (κ1) is 23.0. The topological polar surface area (TPSA) is 126 Å². The smallest absolute Gasteiger partial charge is 0.289 e. The van der Waals surface area contributed by atoms with E-state index in [9.17, 15) is 18.0 Å². The third kappa shape index (κ3) is 5.93. The molecule has 10 heteroatoms. The molecule has 0 aliphatic carbocycles. The Balaban J connectivity index is 1.43. The fourth-order valence-electron chi connectivity index (χ4n) is 3.51. The second-order valence-electron chi connectivity index (χ2n) is 7.64. The van der Waals surface area contributed by atoms with Gasteiger partial charge in [-0.05, 0) is 50.1 Å². The second-order valence-corrected chi connectivity index (χ2v) is 9.21. The molecule has 2 amide bonds. The fourth-order valence-corrected chi connectivity index (χ4v) is 4.02. The summed E-state index contributed by atoms with van der Waals surface area (Å²) in [4.78, 5) is 28.8. The number of piperazine rings is 1. The van der Waals surface area contributed by atoms with Crippen molar-refractivity contribution < 1.29 is 22.4 Å². The summed E-state index contributed by atoms with van der Waals surface area (Å²) in [5.74, 6) is 0.836. The summed E-state index contributed by atoms with van der Waals surface area (Å²) in [5.41, 5.74) is 0.903. The fraction of sp³-hybridized carbons (Fsp3) is 0.429. The van der Waals surface area contributed by atoms with Crippen LogP contribution in [0.5, 0.6) is 0 Å². The predicted octanol–water partition coefficient (Wildman–Crippen LogP) is 0.741. The van der Waals surface area contributed by atoms with E-state index in [1.165, 1.54) is 12.1 Å². The normalized spacial score (nSPS) is 16.2. The number of carbonyl (C=O) groups excluding carboxylic acids is 2. The number of hydrogen-bond acceptors (Lipinski definition) is 6. The van der Waals surface area contributed by atoms with Crippen molar-refractivity contribution in [3.63, 3.8) is 0 Å². The summed E-state index contributed by atoms with van der Waals surface area (Å²) in [6.45, 7) is 6.37. The molecule has 0 radical (unpaired) electrons. The highest BCUT2D eigenvalue weighted by Gasteiger charge is 2.28. The molecule has 1 aromatic heterocycles. The molecule has 1 aromatic carbocycles. The predicted molar refractivity (Wildman–Crippen MR) is 115 cm³/mol.